The van der Waals surface area contributed by atoms with E-state index in [1.807, 2.05) is 0 Å². The molecule has 29 heavy (non-hydrogen) atoms. The summed E-state index contributed by atoms with van der Waals surface area (Å²) < 4.78 is 0. The lowest BCUT2D eigenvalue weighted by molar-refractivity contribution is -0.255. The Labute approximate surface area is 174 Å². The minimum Gasteiger partial charge on any atom is -0.543 e. The maximum Gasteiger partial charge on any atom is 0.316 e. The van der Waals surface area contributed by atoms with E-state index >= 15 is 0 Å². The zero-order valence-corrected chi connectivity index (χ0v) is 16.1. The average molecular weight is 432 g/mol. The number of urea groups is 1. The fraction of sp³-hybridized carbons (Fsp3) is 0. The van der Waals surface area contributed by atoms with Crippen molar-refractivity contribution in [3.63, 3.8) is 0 Å². The summed E-state index contributed by atoms with van der Waals surface area (Å²) in [4.78, 5) is 37.1. The molecule has 0 bridgehead atoms. The third-order valence-electron chi connectivity index (χ3n) is 3.88. The predicted octanol–water partition coefficient (Wildman–Crippen LogP) is 2.98. The van der Waals surface area contributed by atoms with Crippen molar-refractivity contribution in [2.24, 2.45) is 5.73 Å². The van der Waals surface area contributed by atoms with Crippen molar-refractivity contribution in [2.45, 2.75) is 0 Å². The number of aromatic carboxylic acids is 1. The van der Waals surface area contributed by atoms with Crippen LogP contribution in [0.4, 0.5) is 16.2 Å². The average Bonchev–Trinajstić information content (AvgIpc) is 3.00. The Morgan fingerprint density at radius 3 is 2.24 bits per heavy atom. The van der Waals surface area contributed by atoms with Crippen LogP contribution < -0.4 is 21.5 Å². The fourth-order valence-corrected chi connectivity index (χ4v) is 3.32. The van der Waals surface area contributed by atoms with Crippen molar-refractivity contribution in [2.75, 3.05) is 10.6 Å². The number of primary amides is 1. The second kappa shape index (κ2) is 8.26. The molecule has 3 aromatic rings. The summed E-state index contributed by atoms with van der Waals surface area (Å²) in [6.45, 7) is 0. The number of anilines is 2. The Bertz CT molecular complexity index is 1150. The minimum atomic E-state index is -1.45. The van der Waals surface area contributed by atoms with E-state index in [4.69, 9.17) is 28.9 Å². The highest BCUT2D eigenvalue weighted by Crippen LogP contribution is 2.33. The number of benzene rings is 2. The van der Waals surface area contributed by atoms with E-state index in [2.05, 4.69) is 15.6 Å². The van der Waals surface area contributed by atoms with E-state index < -0.39 is 17.9 Å². The maximum atomic E-state index is 12.2. The number of H-pyrrole nitrogens is 1. The van der Waals surface area contributed by atoms with Gasteiger partial charge in [0.15, 0.2) is 0 Å². The lowest BCUT2D eigenvalue weighted by Gasteiger charge is -2.05. The van der Waals surface area contributed by atoms with Gasteiger partial charge in [-0.15, -0.1) is 0 Å². The molecule has 8 nitrogen and oxygen atoms in total. The van der Waals surface area contributed by atoms with Crippen molar-refractivity contribution < 1.29 is 19.5 Å². The number of carboxylic acid groups (broad SMARTS) is 1. The molecule has 1 aromatic heterocycles. The van der Waals surface area contributed by atoms with Gasteiger partial charge in [0, 0.05) is 38.9 Å². The Balaban J connectivity index is 1.84. The van der Waals surface area contributed by atoms with Crippen LogP contribution in [0.1, 0.15) is 16.1 Å². The Morgan fingerprint density at radius 1 is 1.03 bits per heavy atom. The number of halogens is 2. The van der Waals surface area contributed by atoms with Gasteiger partial charge in [-0.2, -0.15) is 0 Å². The molecule has 3 amide bonds. The Kier molecular flexibility index (Phi) is 5.76. The topological polar surface area (TPSA) is 140 Å². The largest absolute Gasteiger partial charge is 0.543 e. The summed E-state index contributed by atoms with van der Waals surface area (Å²) in [5.74, 6) is -1.96. The van der Waals surface area contributed by atoms with Gasteiger partial charge in [0.25, 0.3) is 0 Å². The number of carboxylic acids is 1. The number of carbonyl (C=O) groups excluding carboxylic acids is 3. The SMILES string of the molecule is NC(=O)Nc1ccc(NC(=O)/C=C/c2c(C(=O)[O-])[nH]c3cc(Cl)cc(Cl)c23)cc1. The van der Waals surface area contributed by atoms with E-state index in [1.54, 1.807) is 24.3 Å². The van der Waals surface area contributed by atoms with Gasteiger partial charge in [0.05, 0.1) is 16.7 Å². The van der Waals surface area contributed by atoms with E-state index in [9.17, 15) is 19.5 Å². The van der Waals surface area contributed by atoms with E-state index in [0.717, 1.165) is 6.08 Å². The van der Waals surface area contributed by atoms with E-state index in [1.165, 1.54) is 18.2 Å². The van der Waals surface area contributed by atoms with E-state index in [-0.39, 0.29) is 16.3 Å². The first-order valence-corrected chi connectivity index (χ1v) is 8.88. The molecule has 0 saturated heterocycles. The summed E-state index contributed by atoms with van der Waals surface area (Å²) in [7, 11) is 0. The molecule has 0 aliphatic carbocycles. The monoisotopic (exact) mass is 431 g/mol. The van der Waals surface area contributed by atoms with Crippen LogP contribution in [0.3, 0.4) is 0 Å². The molecule has 148 valence electrons. The van der Waals surface area contributed by atoms with Crippen molar-refractivity contribution in [3.05, 3.63) is 63.8 Å². The third kappa shape index (κ3) is 4.68. The van der Waals surface area contributed by atoms with Gasteiger partial charge in [-0.05, 0) is 42.5 Å². The van der Waals surface area contributed by atoms with E-state index in [0.29, 0.717) is 27.3 Å². The number of carbonyl (C=O) groups is 3. The van der Waals surface area contributed by atoms with Crippen LogP contribution >= 0.6 is 23.2 Å². The highest BCUT2D eigenvalue weighted by atomic mass is 35.5. The zero-order valence-electron chi connectivity index (χ0n) is 14.6. The summed E-state index contributed by atoms with van der Waals surface area (Å²) in [6.07, 6.45) is 2.48. The molecule has 0 atom stereocenters. The molecule has 2 aromatic carbocycles. The number of hydrogen-bond acceptors (Lipinski definition) is 4. The molecule has 5 N–H and O–H groups in total. The van der Waals surface area contributed by atoms with Crippen LogP contribution in [0.5, 0.6) is 0 Å². The van der Waals surface area contributed by atoms with Crippen LogP contribution in [0.25, 0.3) is 17.0 Å². The minimum absolute atomic E-state index is 0.192. The van der Waals surface area contributed by atoms with Crippen LogP contribution in [0.2, 0.25) is 10.0 Å². The molecule has 0 saturated carbocycles. The highest BCUT2D eigenvalue weighted by molar-refractivity contribution is 6.39. The molecule has 0 fully saturated rings. The number of nitrogens with one attached hydrogen (secondary N) is 3. The van der Waals surface area contributed by atoms with Gasteiger partial charge in [0.2, 0.25) is 5.91 Å². The summed E-state index contributed by atoms with van der Waals surface area (Å²) in [6, 6.07) is 8.53. The molecule has 10 heteroatoms. The molecule has 0 radical (unpaired) electrons. The van der Waals surface area contributed by atoms with Gasteiger partial charge in [-0.25, -0.2) is 4.79 Å². The molecule has 0 aliphatic heterocycles. The second-order valence-corrected chi connectivity index (χ2v) is 6.74. The molecular formula is C19H13Cl2N4O4-. The Hall–Kier alpha value is -3.49. The molecule has 0 unspecified atom stereocenters. The molecular weight excluding hydrogens is 419 g/mol. The highest BCUT2D eigenvalue weighted by Gasteiger charge is 2.14. The molecule has 1 heterocycles. The normalized spacial score (nSPS) is 11.0. The van der Waals surface area contributed by atoms with Crippen LogP contribution in [-0.2, 0) is 4.79 Å². The van der Waals surface area contributed by atoms with Crippen LogP contribution in [0.15, 0.2) is 42.5 Å². The van der Waals surface area contributed by atoms with Crippen molar-refractivity contribution in [3.8, 4) is 0 Å². The number of nitrogens with two attached hydrogens (primary N) is 1. The smallest absolute Gasteiger partial charge is 0.316 e. The first kappa shape index (κ1) is 20.2. The second-order valence-electron chi connectivity index (χ2n) is 5.90. The molecule has 0 spiro atoms. The number of fused-ring (bicyclic) bond motifs is 1. The van der Waals surface area contributed by atoms with Crippen molar-refractivity contribution in [1.82, 2.24) is 4.98 Å². The van der Waals surface area contributed by atoms with Gasteiger partial charge in [0.1, 0.15) is 0 Å². The quantitative estimate of drug-likeness (QED) is 0.460. The summed E-state index contributed by atoms with van der Waals surface area (Å²) in [5.41, 5.74) is 6.32. The number of hydrogen-bond donors (Lipinski definition) is 4. The number of aromatic amines is 1. The van der Waals surface area contributed by atoms with Crippen molar-refractivity contribution in [1.29, 1.82) is 0 Å². The lowest BCUT2D eigenvalue weighted by Crippen LogP contribution is -2.23. The standard InChI is InChI=1S/C19H14Cl2N4O4/c20-9-7-13(21)16-12(17(18(27)28)25-14(16)8-9)5-6-15(26)23-10-1-3-11(4-2-10)24-19(22)29/h1-8,25H,(H,23,26)(H,27,28)(H3,22,24,29)/p-1/b6-5+. The van der Waals surface area contributed by atoms with Gasteiger partial charge in [-0.1, -0.05) is 23.2 Å². The van der Waals surface area contributed by atoms with Gasteiger partial charge >= 0.3 is 6.03 Å². The summed E-state index contributed by atoms with van der Waals surface area (Å²) in [5, 5.41) is 17.4. The van der Waals surface area contributed by atoms with Crippen LogP contribution in [0, 0.1) is 0 Å². The van der Waals surface area contributed by atoms with Crippen molar-refractivity contribution >= 4 is 69.5 Å². The third-order valence-corrected chi connectivity index (χ3v) is 4.40. The number of amides is 3. The number of aromatic nitrogens is 1. The first-order chi connectivity index (χ1) is 13.7. The fourth-order valence-electron chi connectivity index (χ4n) is 2.72. The zero-order chi connectivity index (χ0) is 21.1. The molecule has 3 rings (SSSR count). The first-order valence-electron chi connectivity index (χ1n) is 8.12. The maximum absolute atomic E-state index is 12.2. The summed E-state index contributed by atoms with van der Waals surface area (Å²) >= 11 is 12.1. The van der Waals surface area contributed by atoms with Gasteiger partial charge < -0.3 is 31.3 Å². The molecule has 0 aliphatic rings. The van der Waals surface area contributed by atoms with Gasteiger partial charge in [-0.3, -0.25) is 4.79 Å². The Morgan fingerprint density at radius 2 is 1.66 bits per heavy atom. The lowest BCUT2D eigenvalue weighted by atomic mass is 10.1. The number of rotatable bonds is 5. The van der Waals surface area contributed by atoms with Crippen LogP contribution in [-0.4, -0.2) is 22.9 Å². The predicted molar refractivity (Wildman–Crippen MR) is 110 cm³/mol.